The Balaban J connectivity index is 1.47. The number of rotatable bonds is 6. The molecule has 0 N–H and O–H groups in total. The lowest BCUT2D eigenvalue weighted by Gasteiger charge is -2.08. The van der Waals surface area contributed by atoms with Gasteiger partial charge in [-0.2, -0.15) is 0 Å². The van der Waals surface area contributed by atoms with E-state index in [1.807, 2.05) is 67.2 Å². The predicted octanol–water partition coefficient (Wildman–Crippen LogP) is 5.92. The highest BCUT2D eigenvalue weighted by molar-refractivity contribution is 7.99. The van der Waals surface area contributed by atoms with Gasteiger partial charge in [-0.05, 0) is 18.6 Å². The topological polar surface area (TPSA) is 52.7 Å². The normalized spacial score (nSPS) is 11.2. The quantitative estimate of drug-likeness (QED) is 0.237. The van der Waals surface area contributed by atoms with Crippen LogP contribution in [0.4, 0.5) is 0 Å². The van der Waals surface area contributed by atoms with Crippen LogP contribution >= 0.6 is 11.8 Å². The summed E-state index contributed by atoms with van der Waals surface area (Å²) < 4.78 is 4.06. The molecule has 33 heavy (non-hydrogen) atoms. The van der Waals surface area contributed by atoms with Crippen molar-refractivity contribution in [1.29, 1.82) is 0 Å². The van der Waals surface area contributed by atoms with E-state index < -0.39 is 0 Å². The molecule has 0 fully saturated rings. The van der Waals surface area contributed by atoms with E-state index in [2.05, 4.69) is 52.0 Å². The first-order valence-electron chi connectivity index (χ1n) is 10.8. The van der Waals surface area contributed by atoms with E-state index in [0.29, 0.717) is 0 Å². The Labute approximate surface area is 197 Å². The second kappa shape index (κ2) is 8.71. The molecule has 164 valence electrons. The van der Waals surface area contributed by atoms with Gasteiger partial charge in [-0.1, -0.05) is 90.1 Å². The van der Waals surface area contributed by atoms with Crippen LogP contribution in [0.3, 0.4) is 0 Å². The molecule has 2 heterocycles. The molecule has 0 spiro atoms. The van der Waals surface area contributed by atoms with Crippen molar-refractivity contribution < 1.29 is 4.79 Å². The SMILES string of the molecule is Cc1ccc(-c2nnc(SCC(=O)c3c(-c4ccccc4)n(C)c4ccccc34)n2C)cc1. The van der Waals surface area contributed by atoms with E-state index in [9.17, 15) is 4.79 Å². The summed E-state index contributed by atoms with van der Waals surface area (Å²) in [7, 11) is 3.96. The van der Waals surface area contributed by atoms with Gasteiger partial charge in [0, 0.05) is 30.6 Å². The number of para-hydroxylation sites is 1. The second-order valence-corrected chi connectivity index (χ2v) is 9.05. The predicted molar refractivity (Wildman–Crippen MR) is 135 cm³/mol. The first-order chi connectivity index (χ1) is 16.0. The van der Waals surface area contributed by atoms with Gasteiger partial charge >= 0.3 is 0 Å². The zero-order valence-corrected chi connectivity index (χ0v) is 19.6. The van der Waals surface area contributed by atoms with Gasteiger partial charge < -0.3 is 9.13 Å². The van der Waals surface area contributed by atoms with E-state index in [4.69, 9.17) is 0 Å². The Bertz CT molecular complexity index is 1450. The number of fused-ring (bicyclic) bond motifs is 1. The maximum atomic E-state index is 13.6. The van der Waals surface area contributed by atoms with Crippen molar-refractivity contribution in [3.05, 3.63) is 90.0 Å². The van der Waals surface area contributed by atoms with E-state index >= 15 is 0 Å². The minimum atomic E-state index is 0.0792. The highest BCUT2D eigenvalue weighted by Gasteiger charge is 2.23. The summed E-state index contributed by atoms with van der Waals surface area (Å²) in [6.07, 6.45) is 0. The van der Waals surface area contributed by atoms with Crippen LogP contribution in [-0.2, 0) is 14.1 Å². The van der Waals surface area contributed by atoms with E-state index in [1.54, 1.807) is 0 Å². The minimum absolute atomic E-state index is 0.0792. The maximum absolute atomic E-state index is 13.6. The van der Waals surface area contributed by atoms with Gasteiger partial charge in [-0.3, -0.25) is 4.79 Å². The molecule has 0 atom stereocenters. The van der Waals surface area contributed by atoms with Gasteiger partial charge in [-0.25, -0.2) is 0 Å². The Kier molecular flexibility index (Phi) is 5.60. The van der Waals surface area contributed by atoms with E-state index in [1.165, 1.54) is 17.3 Å². The van der Waals surface area contributed by atoms with Crippen LogP contribution in [0, 0.1) is 6.92 Å². The standard InChI is InChI=1S/C27H24N4OS/c1-18-13-15-20(16-14-18)26-28-29-27(31(26)3)33-17-23(32)24-21-11-7-8-12-22(21)30(2)25(24)19-9-5-4-6-10-19/h4-16H,17H2,1-3H3. The summed E-state index contributed by atoms with van der Waals surface area (Å²) in [5, 5.41) is 10.4. The molecule has 6 heteroatoms. The number of hydrogen-bond acceptors (Lipinski definition) is 4. The van der Waals surface area contributed by atoms with Crippen LogP contribution in [0.15, 0.2) is 84.0 Å². The number of thioether (sulfide) groups is 1. The molecule has 0 bridgehead atoms. The number of benzene rings is 3. The number of ketones is 1. The highest BCUT2D eigenvalue weighted by atomic mass is 32.2. The number of aryl methyl sites for hydroxylation is 2. The molecule has 5 rings (SSSR count). The molecular weight excluding hydrogens is 428 g/mol. The fourth-order valence-electron chi connectivity index (χ4n) is 4.21. The fraction of sp³-hybridized carbons (Fsp3) is 0.148. The number of nitrogens with zero attached hydrogens (tertiary/aromatic N) is 4. The van der Waals surface area contributed by atoms with Crippen molar-refractivity contribution in [2.45, 2.75) is 12.1 Å². The van der Waals surface area contributed by atoms with E-state index in [0.717, 1.165) is 44.3 Å². The van der Waals surface area contributed by atoms with Gasteiger partial charge in [0.15, 0.2) is 16.8 Å². The average molecular weight is 453 g/mol. The van der Waals surface area contributed by atoms with Crippen LogP contribution in [0.5, 0.6) is 0 Å². The molecule has 0 unspecified atom stereocenters. The number of hydrogen-bond donors (Lipinski definition) is 0. The summed E-state index contributed by atoms with van der Waals surface area (Å²) in [6, 6.07) is 26.4. The molecule has 0 saturated heterocycles. The lowest BCUT2D eigenvalue weighted by atomic mass is 10.0. The monoisotopic (exact) mass is 452 g/mol. The van der Waals surface area contributed by atoms with Crippen molar-refractivity contribution >= 4 is 28.4 Å². The van der Waals surface area contributed by atoms with Crippen molar-refractivity contribution in [2.75, 3.05) is 5.75 Å². The van der Waals surface area contributed by atoms with Crippen LogP contribution in [-0.4, -0.2) is 30.9 Å². The Morgan fingerprint density at radius 1 is 0.818 bits per heavy atom. The number of carbonyl (C=O) groups is 1. The zero-order chi connectivity index (χ0) is 22.9. The van der Waals surface area contributed by atoms with Crippen LogP contribution in [0.2, 0.25) is 0 Å². The molecule has 0 aliphatic heterocycles. The van der Waals surface area contributed by atoms with Crippen LogP contribution in [0.1, 0.15) is 15.9 Å². The molecule has 2 aromatic heterocycles. The number of Topliss-reactive ketones (excluding diaryl/α,β-unsaturated/α-hetero) is 1. The Morgan fingerprint density at radius 2 is 1.52 bits per heavy atom. The molecule has 0 saturated carbocycles. The van der Waals surface area contributed by atoms with Gasteiger partial charge in [0.05, 0.1) is 17.0 Å². The molecular formula is C27H24N4OS. The lowest BCUT2D eigenvalue weighted by Crippen LogP contribution is -2.06. The Morgan fingerprint density at radius 3 is 2.27 bits per heavy atom. The Hall–Kier alpha value is -3.64. The summed E-state index contributed by atoms with van der Waals surface area (Å²) in [6.45, 7) is 2.06. The summed E-state index contributed by atoms with van der Waals surface area (Å²) in [4.78, 5) is 13.6. The number of aromatic nitrogens is 4. The van der Waals surface area contributed by atoms with Crippen LogP contribution < -0.4 is 0 Å². The molecule has 0 radical (unpaired) electrons. The number of carbonyl (C=O) groups excluding carboxylic acids is 1. The third-order valence-electron chi connectivity index (χ3n) is 5.91. The van der Waals surface area contributed by atoms with Gasteiger partial charge in [-0.15, -0.1) is 10.2 Å². The van der Waals surface area contributed by atoms with Gasteiger partial charge in [0.1, 0.15) is 0 Å². The molecule has 0 amide bonds. The largest absolute Gasteiger partial charge is 0.343 e. The zero-order valence-electron chi connectivity index (χ0n) is 18.8. The third-order valence-corrected chi connectivity index (χ3v) is 6.93. The lowest BCUT2D eigenvalue weighted by molar-refractivity contribution is 0.102. The average Bonchev–Trinajstić information content (AvgIpc) is 3.36. The molecule has 0 aliphatic rings. The van der Waals surface area contributed by atoms with Crippen molar-refractivity contribution in [3.8, 4) is 22.6 Å². The van der Waals surface area contributed by atoms with E-state index in [-0.39, 0.29) is 11.5 Å². The van der Waals surface area contributed by atoms with Gasteiger partial charge in [0.25, 0.3) is 0 Å². The first-order valence-corrected chi connectivity index (χ1v) is 11.8. The second-order valence-electron chi connectivity index (χ2n) is 8.11. The minimum Gasteiger partial charge on any atom is -0.343 e. The highest BCUT2D eigenvalue weighted by Crippen LogP contribution is 2.34. The van der Waals surface area contributed by atoms with Gasteiger partial charge in [0.2, 0.25) is 0 Å². The fourth-order valence-corrected chi connectivity index (χ4v) is 4.99. The molecule has 0 aliphatic carbocycles. The van der Waals surface area contributed by atoms with Crippen molar-refractivity contribution in [3.63, 3.8) is 0 Å². The molecule has 5 nitrogen and oxygen atoms in total. The third kappa shape index (κ3) is 3.87. The van der Waals surface area contributed by atoms with Crippen molar-refractivity contribution in [1.82, 2.24) is 19.3 Å². The first kappa shape index (κ1) is 21.2. The molecule has 5 aromatic rings. The summed E-state index contributed by atoms with van der Waals surface area (Å²) in [5.74, 6) is 1.16. The maximum Gasteiger partial charge on any atom is 0.191 e. The summed E-state index contributed by atoms with van der Waals surface area (Å²) >= 11 is 1.42. The molecule has 3 aromatic carbocycles. The van der Waals surface area contributed by atoms with Crippen molar-refractivity contribution in [2.24, 2.45) is 14.1 Å². The summed E-state index contributed by atoms with van der Waals surface area (Å²) in [5.41, 5.74) is 5.99. The smallest absolute Gasteiger partial charge is 0.191 e. The van der Waals surface area contributed by atoms with Crippen LogP contribution in [0.25, 0.3) is 33.5 Å².